The van der Waals surface area contributed by atoms with Crippen molar-refractivity contribution in [3.63, 3.8) is 0 Å². The molecule has 0 bridgehead atoms. The minimum absolute atomic E-state index is 0.0159. The number of rotatable bonds is 2. The average Bonchev–Trinajstić information content (AvgIpc) is 2.42. The predicted molar refractivity (Wildman–Crippen MR) is 77.2 cm³/mol. The first kappa shape index (κ1) is 13.0. The number of carbonyl (C=O) groups excluding carboxylic acids is 1. The van der Waals surface area contributed by atoms with Crippen LogP contribution in [0.3, 0.4) is 0 Å². The van der Waals surface area contributed by atoms with Crippen LogP contribution in [0.25, 0.3) is 11.0 Å². The minimum atomic E-state index is -0.258. The Balaban J connectivity index is 1.88. The number of carbonyl (C=O) groups is 1. The summed E-state index contributed by atoms with van der Waals surface area (Å²) in [5.74, 6) is 0.344. The largest absolute Gasteiger partial charge is 0.335 e. The van der Waals surface area contributed by atoms with Gasteiger partial charge < -0.3 is 10.6 Å². The maximum Gasteiger partial charge on any atom is 0.256 e. The van der Waals surface area contributed by atoms with Gasteiger partial charge >= 0.3 is 0 Å². The van der Waals surface area contributed by atoms with Crippen molar-refractivity contribution in [1.82, 2.24) is 14.9 Å². The normalized spacial score (nSPS) is 17.3. The molecular formula is C15H18N4O. The Hall–Kier alpha value is -2.01. The zero-order valence-electron chi connectivity index (χ0n) is 11.7. The fourth-order valence-electron chi connectivity index (χ4n) is 2.51. The van der Waals surface area contributed by atoms with E-state index in [1.807, 2.05) is 12.1 Å². The quantitative estimate of drug-likeness (QED) is 0.896. The molecule has 0 saturated carbocycles. The van der Waals surface area contributed by atoms with E-state index in [1.54, 1.807) is 23.4 Å². The highest BCUT2D eigenvalue weighted by atomic mass is 16.2. The van der Waals surface area contributed by atoms with E-state index >= 15 is 0 Å². The Morgan fingerprint density at radius 2 is 2.00 bits per heavy atom. The number of amides is 1. The van der Waals surface area contributed by atoms with Gasteiger partial charge in [-0.05, 0) is 18.1 Å². The van der Waals surface area contributed by atoms with Gasteiger partial charge in [-0.1, -0.05) is 19.9 Å². The van der Waals surface area contributed by atoms with Gasteiger partial charge in [0, 0.05) is 25.5 Å². The number of nitrogens with two attached hydrogens (primary N) is 1. The van der Waals surface area contributed by atoms with Crippen LogP contribution in [0.4, 0.5) is 0 Å². The molecule has 2 aromatic rings. The lowest BCUT2D eigenvalue weighted by molar-refractivity contribution is 0.0276. The van der Waals surface area contributed by atoms with E-state index < -0.39 is 0 Å². The first-order valence-corrected chi connectivity index (χ1v) is 6.79. The summed E-state index contributed by atoms with van der Waals surface area (Å²) in [5.41, 5.74) is 7.97. The predicted octanol–water partition coefficient (Wildman–Crippen LogP) is 1.44. The molecule has 104 valence electrons. The minimum Gasteiger partial charge on any atom is -0.335 e. The Labute approximate surface area is 117 Å². The molecule has 1 aromatic heterocycles. The van der Waals surface area contributed by atoms with Crippen LogP contribution in [0.15, 0.2) is 30.6 Å². The third-order valence-electron chi connectivity index (χ3n) is 4.14. The number of fused-ring (bicyclic) bond motifs is 1. The van der Waals surface area contributed by atoms with Gasteiger partial charge in [-0.3, -0.25) is 14.8 Å². The molecule has 1 fully saturated rings. The summed E-state index contributed by atoms with van der Waals surface area (Å²) in [4.78, 5) is 22.8. The van der Waals surface area contributed by atoms with Gasteiger partial charge in [0.25, 0.3) is 5.91 Å². The van der Waals surface area contributed by atoms with Crippen LogP contribution in [0.2, 0.25) is 0 Å². The lowest BCUT2D eigenvalue weighted by Gasteiger charge is -2.50. The summed E-state index contributed by atoms with van der Waals surface area (Å²) >= 11 is 0. The lowest BCUT2D eigenvalue weighted by Crippen LogP contribution is -2.71. The lowest BCUT2D eigenvalue weighted by atomic mass is 9.80. The molecule has 0 radical (unpaired) electrons. The molecule has 0 unspecified atom stereocenters. The highest BCUT2D eigenvalue weighted by Gasteiger charge is 2.44. The summed E-state index contributed by atoms with van der Waals surface area (Å²) < 4.78 is 0. The molecule has 0 aliphatic carbocycles. The van der Waals surface area contributed by atoms with Crippen LogP contribution in [0.1, 0.15) is 24.2 Å². The maximum absolute atomic E-state index is 12.6. The highest BCUT2D eigenvalue weighted by molar-refractivity contribution is 6.05. The van der Waals surface area contributed by atoms with E-state index in [-0.39, 0.29) is 11.4 Å². The Bertz CT molecular complexity index is 656. The van der Waals surface area contributed by atoms with Crippen molar-refractivity contribution in [3.05, 3.63) is 36.2 Å². The van der Waals surface area contributed by atoms with Gasteiger partial charge in [-0.25, -0.2) is 0 Å². The molecule has 1 aliphatic heterocycles. The van der Waals surface area contributed by atoms with Gasteiger partial charge in [-0.2, -0.15) is 0 Å². The first-order chi connectivity index (χ1) is 9.51. The standard InChI is InChI=1S/C15H18N4O/c1-10(2)15(16)8-19(9-15)14(20)11-4-3-5-12-13(11)18-7-6-17-12/h3-7,10H,8-9,16H2,1-2H3. The SMILES string of the molecule is CC(C)C1(N)CN(C(=O)c2cccc3nccnc23)C1. The summed E-state index contributed by atoms with van der Waals surface area (Å²) in [6.07, 6.45) is 3.24. The Kier molecular flexibility index (Phi) is 2.94. The van der Waals surface area contributed by atoms with E-state index in [0.717, 1.165) is 5.52 Å². The molecule has 1 saturated heterocycles. The van der Waals surface area contributed by atoms with Crippen molar-refractivity contribution in [3.8, 4) is 0 Å². The highest BCUT2D eigenvalue weighted by Crippen LogP contribution is 2.28. The van der Waals surface area contributed by atoms with Crippen LogP contribution in [-0.2, 0) is 0 Å². The molecule has 1 aromatic carbocycles. The van der Waals surface area contributed by atoms with Gasteiger partial charge in [0.1, 0.15) is 5.52 Å². The van der Waals surface area contributed by atoms with Gasteiger partial charge in [0.2, 0.25) is 0 Å². The molecular weight excluding hydrogens is 252 g/mol. The summed E-state index contributed by atoms with van der Waals surface area (Å²) in [7, 11) is 0. The van der Waals surface area contributed by atoms with E-state index in [9.17, 15) is 4.79 Å². The van der Waals surface area contributed by atoms with Crippen molar-refractivity contribution < 1.29 is 4.79 Å². The third-order valence-corrected chi connectivity index (χ3v) is 4.14. The molecule has 1 aliphatic rings. The molecule has 2 N–H and O–H groups in total. The average molecular weight is 270 g/mol. The maximum atomic E-state index is 12.6. The number of likely N-dealkylation sites (tertiary alicyclic amines) is 1. The van der Waals surface area contributed by atoms with Crippen LogP contribution in [0.5, 0.6) is 0 Å². The number of nitrogens with zero attached hydrogens (tertiary/aromatic N) is 3. The summed E-state index contributed by atoms with van der Waals surface area (Å²) in [6, 6.07) is 5.49. The Morgan fingerprint density at radius 1 is 1.30 bits per heavy atom. The Morgan fingerprint density at radius 3 is 2.70 bits per heavy atom. The van der Waals surface area contributed by atoms with Gasteiger partial charge in [0.15, 0.2) is 0 Å². The topological polar surface area (TPSA) is 72.1 Å². The van der Waals surface area contributed by atoms with Crippen molar-refractivity contribution in [2.75, 3.05) is 13.1 Å². The van der Waals surface area contributed by atoms with Crippen molar-refractivity contribution in [2.45, 2.75) is 19.4 Å². The van der Waals surface area contributed by atoms with E-state index in [1.165, 1.54) is 0 Å². The van der Waals surface area contributed by atoms with Crippen LogP contribution >= 0.6 is 0 Å². The van der Waals surface area contributed by atoms with Crippen LogP contribution < -0.4 is 5.73 Å². The number of hydrogen-bond acceptors (Lipinski definition) is 4. The zero-order valence-corrected chi connectivity index (χ0v) is 11.7. The fraction of sp³-hybridized carbons (Fsp3) is 0.400. The van der Waals surface area contributed by atoms with Crippen molar-refractivity contribution in [1.29, 1.82) is 0 Å². The number of aromatic nitrogens is 2. The fourth-order valence-corrected chi connectivity index (χ4v) is 2.51. The molecule has 20 heavy (non-hydrogen) atoms. The molecule has 2 heterocycles. The molecule has 5 nitrogen and oxygen atoms in total. The second kappa shape index (κ2) is 4.52. The van der Waals surface area contributed by atoms with E-state index in [2.05, 4.69) is 23.8 Å². The monoisotopic (exact) mass is 270 g/mol. The van der Waals surface area contributed by atoms with Crippen LogP contribution in [0, 0.1) is 5.92 Å². The molecule has 0 spiro atoms. The second-order valence-electron chi connectivity index (χ2n) is 5.78. The molecule has 1 amide bonds. The zero-order chi connectivity index (χ0) is 14.3. The number of benzene rings is 1. The number of hydrogen-bond donors (Lipinski definition) is 1. The smallest absolute Gasteiger partial charge is 0.256 e. The summed E-state index contributed by atoms with van der Waals surface area (Å²) in [6.45, 7) is 5.37. The summed E-state index contributed by atoms with van der Waals surface area (Å²) in [5, 5.41) is 0. The van der Waals surface area contributed by atoms with Crippen molar-refractivity contribution >= 4 is 16.9 Å². The number of para-hydroxylation sites is 1. The third kappa shape index (κ3) is 1.94. The van der Waals surface area contributed by atoms with E-state index in [4.69, 9.17) is 5.73 Å². The van der Waals surface area contributed by atoms with Gasteiger partial charge in [-0.15, -0.1) is 0 Å². The van der Waals surface area contributed by atoms with Crippen LogP contribution in [-0.4, -0.2) is 39.4 Å². The first-order valence-electron chi connectivity index (χ1n) is 6.79. The molecule has 0 atom stereocenters. The molecule has 3 rings (SSSR count). The van der Waals surface area contributed by atoms with Crippen molar-refractivity contribution in [2.24, 2.45) is 11.7 Å². The van der Waals surface area contributed by atoms with Gasteiger partial charge in [0.05, 0.1) is 16.6 Å². The second-order valence-corrected chi connectivity index (χ2v) is 5.78. The molecule has 5 heteroatoms. The van der Waals surface area contributed by atoms with E-state index in [0.29, 0.717) is 30.1 Å².